The molecule has 1 aromatic rings. The van der Waals surface area contributed by atoms with E-state index < -0.39 is 0 Å². The number of hydrogen-bond acceptors (Lipinski definition) is 2. The molecule has 1 aromatic carbocycles. The van der Waals surface area contributed by atoms with Gasteiger partial charge in [-0.25, -0.2) is 0 Å². The van der Waals surface area contributed by atoms with Crippen molar-refractivity contribution in [2.24, 2.45) is 0 Å². The smallest absolute Gasteiger partial charge is 0.310 e. The summed E-state index contributed by atoms with van der Waals surface area (Å²) in [7, 11) is 0. The minimum atomic E-state index is -0.112. The lowest BCUT2D eigenvalue weighted by Crippen LogP contribution is -2.08. The second-order valence-electron chi connectivity index (χ2n) is 7.82. The molecule has 0 unspecified atom stereocenters. The van der Waals surface area contributed by atoms with Crippen LogP contribution in [0.25, 0.3) is 0 Å². The number of halogens is 1. The molecule has 166 valence electrons. The zero-order chi connectivity index (χ0) is 20.1. The highest BCUT2D eigenvalue weighted by Crippen LogP contribution is 2.10. The fourth-order valence-electron chi connectivity index (χ4n) is 3.35. The van der Waals surface area contributed by atoms with Crippen LogP contribution < -0.4 is 0 Å². The van der Waals surface area contributed by atoms with Gasteiger partial charge < -0.3 is 4.74 Å². The predicted octanol–water partition coefficient (Wildman–Crippen LogP) is 8.23. The molecule has 0 bridgehead atoms. The van der Waals surface area contributed by atoms with Gasteiger partial charge in [0, 0.05) is 0 Å². The Morgan fingerprint density at radius 3 is 1.86 bits per heavy atom. The van der Waals surface area contributed by atoms with Gasteiger partial charge in [-0.2, -0.15) is 0 Å². The molecule has 0 aliphatic rings. The van der Waals surface area contributed by atoms with Gasteiger partial charge in [0.1, 0.15) is 0 Å². The Morgan fingerprint density at radius 1 is 0.759 bits per heavy atom. The topological polar surface area (TPSA) is 26.3 Å². The normalized spacial score (nSPS) is 10.8. The molecule has 0 heterocycles. The van der Waals surface area contributed by atoms with Crippen LogP contribution in [-0.2, 0) is 16.0 Å². The number of carbonyl (C=O) groups is 1. The quantitative estimate of drug-likeness (QED) is 0.135. The fraction of sp³-hybridized carbons (Fsp3) is 0.654. The van der Waals surface area contributed by atoms with Crippen LogP contribution in [0.1, 0.15) is 102 Å². The predicted molar refractivity (Wildman–Crippen MR) is 128 cm³/mol. The minimum Gasteiger partial charge on any atom is -0.465 e. The van der Waals surface area contributed by atoms with Crippen LogP contribution in [0.5, 0.6) is 0 Å². The van der Waals surface area contributed by atoms with Crippen molar-refractivity contribution in [1.82, 2.24) is 0 Å². The van der Waals surface area contributed by atoms with Crippen LogP contribution in [0.2, 0.25) is 0 Å². The molecule has 0 spiro atoms. The van der Waals surface area contributed by atoms with Gasteiger partial charge in [-0.15, -0.1) is 12.4 Å². The highest BCUT2D eigenvalue weighted by atomic mass is 35.5. The number of hydrogen-bond donors (Lipinski definition) is 0. The van der Waals surface area contributed by atoms with E-state index >= 15 is 0 Å². The lowest BCUT2D eigenvalue weighted by Gasteiger charge is -2.05. The SMILES string of the molecule is CCCCCCCC/C=C\CCCCCCCCOC(=O)Cc1ccccc1.Cl. The highest BCUT2D eigenvalue weighted by Gasteiger charge is 2.03. The van der Waals surface area contributed by atoms with Crippen LogP contribution in [0.15, 0.2) is 42.5 Å². The molecular weight excluding hydrogens is 380 g/mol. The van der Waals surface area contributed by atoms with Crippen LogP contribution in [0, 0.1) is 0 Å². The number of esters is 1. The first-order chi connectivity index (χ1) is 13.8. The summed E-state index contributed by atoms with van der Waals surface area (Å²) in [5, 5.41) is 0. The van der Waals surface area contributed by atoms with Gasteiger partial charge >= 0.3 is 5.97 Å². The molecule has 0 atom stereocenters. The summed E-state index contributed by atoms with van der Waals surface area (Å²) in [6.45, 7) is 2.83. The summed E-state index contributed by atoms with van der Waals surface area (Å²) in [5.74, 6) is -0.112. The van der Waals surface area contributed by atoms with Gasteiger partial charge in [-0.3, -0.25) is 4.79 Å². The van der Waals surface area contributed by atoms with Crippen molar-refractivity contribution in [2.45, 2.75) is 103 Å². The molecule has 0 saturated heterocycles. The Kier molecular flexibility index (Phi) is 20.5. The van der Waals surface area contributed by atoms with E-state index in [0.29, 0.717) is 13.0 Å². The second-order valence-corrected chi connectivity index (χ2v) is 7.82. The second kappa shape index (κ2) is 21.4. The molecule has 0 aromatic heterocycles. The van der Waals surface area contributed by atoms with Crippen molar-refractivity contribution in [3.8, 4) is 0 Å². The average molecular weight is 423 g/mol. The van der Waals surface area contributed by atoms with Crippen molar-refractivity contribution < 1.29 is 9.53 Å². The maximum Gasteiger partial charge on any atom is 0.310 e. The number of benzene rings is 1. The minimum absolute atomic E-state index is 0. The van der Waals surface area contributed by atoms with E-state index in [1.807, 2.05) is 30.3 Å². The van der Waals surface area contributed by atoms with Crippen LogP contribution >= 0.6 is 12.4 Å². The molecule has 0 radical (unpaired) electrons. The lowest BCUT2D eigenvalue weighted by atomic mass is 10.1. The van der Waals surface area contributed by atoms with E-state index in [9.17, 15) is 4.79 Å². The van der Waals surface area contributed by atoms with Crippen molar-refractivity contribution in [3.63, 3.8) is 0 Å². The van der Waals surface area contributed by atoms with Gasteiger partial charge in [0.2, 0.25) is 0 Å². The summed E-state index contributed by atoms with van der Waals surface area (Å²) in [4.78, 5) is 11.7. The Hall–Kier alpha value is -1.28. The number of rotatable bonds is 18. The number of carbonyl (C=O) groups excluding carboxylic acids is 1. The number of allylic oxidation sites excluding steroid dienone is 2. The fourth-order valence-corrected chi connectivity index (χ4v) is 3.35. The third-order valence-electron chi connectivity index (χ3n) is 5.11. The lowest BCUT2D eigenvalue weighted by molar-refractivity contribution is -0.142. The Labute approximate surface area is 185 Å². The van der Waals surface area contributed by atoms with Crippen LogP contribution in [0.4, 0.5) is 0 Å². The van der Waals surface area contributed by atoms with Crippen molar-refractivity contribution in [1.29, 1.82) is 0 Å². The summed E-state index contributed by atoms with van der Waals surface area (Å²) in [6, 6.07) is 9.79. The van der Waals surface area contributed by atoms with E-state index in [0.717, 1.165) is 18.4 Å². The third-order valence-corrected chi connectivity index (χ3v) is 5.11. The number of unbranched alkanes of at least 4 members (excludes halogenated alkanes) is 12. The first-order valence-corrected chi connectivity index (χ1v) is 11.7. The molecule has 0 N–H and O–H groups in total. The standard InChI is InChI=1S/C26H42O2.ClH/c1-2-3-4-5-6-7-8-9-10-11-12-13-14-15-16-20-23-28-26(27)24-25-21-18-17-19-22-25;/h9-10,17-19,21-22H,2-8,11-16,20,23-24H2,1H3;1H/b10-9-;. The van der Waals surface area contributed by atoms with E-state index in [1.165, 1.54) is 77.0 Å². The van der Waals surface area contributed by atoms with Gasteiger partial charge in [0.15, 0.2) is 0 Å². The molecule has 1 rings (SSSR count). The van der Waals surface area contributed by atoms with Crippen LogP contribution in [0.3, 0.4) is 0 Å². The van der Waals surface area contributed by atoms with E-state index in [2.05, 4.69) is 19.1 Å². The summed E-state index contributed by atoms with van der Waals surface area (Å²) in [6.07, 6.45) is 23.2. The number of ether oxygens (including phenoxy) is 1. The zero-order valence-electron chi connectivity index (χ0n) is 18.6. The Balaban J connectivity index is 0.00000784. The first kappa shape index (κ1) is 27.7. The first-order valence-electron chi connectivity index (χ1n) is 11.7. The molecule has 29 heavy (non-hydrogen) atoms. The molecule has 0 saturated carbocycles. The summed E-state index contributed by atoms with van der Waals surface area (Å²) >= 11 is 0. The summed E-state index contributed by atoms with van der Waals surface area (Å²) in [5.41, 5.74) is 1.02. The molecule has 2 nitrogen and oxygen atoms in total. The molecule has 0 aliphatic heterocycles. The molecule has 0 fully saturated rings. The molecule has 0 amide bonds. The van der Waals surface area contributed by atoms with Gasteiger partial charge in [-0.05, 0) is 37.7 Å². The molecular formula is C26H43ClO2. The van der Waals surface area contributed by atoms with Crippen LogP contribution in [-0.4, -0.2) is 12.6 Å². The zero-order valence-corrected chi connectivity index (χ0v) is 19.4. The monoisotopic (exact) mass is 422 g/mol. The van der Waals surface area contributed by atoms with Crippen molar-refractivity contribution in [3.05, 3.63) is 48.0 Å². The Morgan fingerprint density at radius 2 is 1.28 bits per heavy atom. The highest BCUT2D eigenvalue weighted by molar-refractivity contribution is 5.85. The molecule has 3 heteroatoms. The summed E-state index contributed by atoms with van der Waals surface area (Å²) < 4.78 is 5.32. The Bertz CT molecular complexity index is 499. The third kappa shape index (κ3) is 18.5. The molecule has 0 aliphatic carbocycles. The largest absolute Gasteiger partial charge is 0.465 e. The van der Waals surface area contributed by atoms with E-state index in [1.54, 1.807) is 0 Å². The maximum absolute atomic E-state index is 11.7. The van der Waals surface area contributed by atoms with E-state index in [4.69, 9.17) is 4.74 Å². The van der Waals surface area contributed by atoms with Gasteiger partial charge in [-0.1, -0.05) is 107 Å². The maximum atomic E-state index is 11.7. The van der Waals surface area contributed by atoms with Gasteiger partial charge in [0.05, 0.1) is 13.0 Å². The van der Waals surface area contributed by atoms with Gasteiger partial charge in [0.25, 0.3) is 0 Å². The average Bonchev–Trinajstić information content (AvgIpc) is 2.71. The van der Waals surface area contributed by atoms with E-state index in [-0.39, 0.29) is 18.4 Å². The van der Waals surface area contributed by atoms with Crippen molar-refractivity contribution in [2.75, 3.05) is 6.61 Å². The van der Waals surface area contributed by atoms with Crippen molar-refractivity contribution >= 4 is 18.4 Å².